The van der Waals surface area contributed by atoms with E-state index in [9.17, 15) is 4.79 Å². The molecule has 0 atom stereocenters. The summed E-state index contributed by atoms with van der Waals surface area (Å²) in [5.74, 6) is -0.0760. The molecule has 0 heterocycles. The second kappa shape index (κ2) is 7.64. The van der Waals surface area contributed by atoms with E-state index in [-0.39, 0.29) is 5.04 Å². The lowest BCUT2D eigenvalue weighted by Crippen LogP contribution is -2.41. The number of amides is 1. The predicted octanol–water partition coefficient (Wildman–Crippen LogP) is 4.19. The summed E-state index contributed by atoms with van der Waals surface area (Å²) in [7, 11) is -0.340. The fourth-order valence-electron chi connectivity index (χ4n) is 1.76. The zero-order chi connectivity index (χ0) is 18.5. The number of methoxy groups -OCH3 is 1. The number of nitrogens with zero attached hydrogens (tertiary/aromatic N) is 1. The van der Waals surface area contributed by atoms with Gasteiger partial charge in [0.15, 0.2) is 14.4 Å². The summed E-state index contributed by atoms with van der Waals surface area (Å²) in [6, 6.07) is 6.75. The quantitative estimate of drug-likeness (QED) is 0.619. The fourth-order valence-corrected chi connectivity index (χ4v) is 2.73. The third-order valence-electron chi connectivity index (χ3n) is 4.37. The molecule has 0 saturated heterocycles. The number of rotatable bonds is 6. The Morgan fingerprint density at radius 2 is 2.00 bits per heavy atom. The second-order valence-corrected chi connectivity index (χ2v) is 11.9. The minimum absolute atomic E-state index is 0.0967. The van der Waals surface area contributed by atoms with Gasteiger partial charge in [0.2, 0.25) is 0 Å². The van der Waals surface area contributed by atoms with Crippen molar-refractivity contribution in [1.82, 2.24) is 0 Å². The zero-order valence-corrected chi connectivity index (χ0v) is 16.3. The average Bonchev–Trinajstić information content (AvgIpc) is 2.51. The Kier molecular flexibility index (Phi) is 6.35. The molecule has 0 radical (unpaired) electrons. The van der Waals surface area contributed by atoms with Crippen molar-refractivity contribution >= 4 is 25.5 Å². The van der Waals surface area contributed by atoms with Crippen LogP contribution in [0.4, 0.5) is 5.69 Å². The molecule has 1 aromatic carbocycles. The van der Waals surface area contributed by atoms with Crippen molar-refractivity contribution in [3.8, 4) is 11.8 Å². The van der Waals surface area contributed by atoms with Crippen LogP contribution < -0.4 is 10.1 Å². The van der Waals surface area contributed by atoms with E-state index in [0.29, 0.717) is 23.6 Å². The first-order chi connectivity index (χ1) is 11.0. The molecule has 1 rings (SSSR count). The first-order valence-corrected chi connectivity index (χ1v) is 10.6. The number of hydrogen-bond donors (Lipinski definition) is 1. The Morgan fingerprint density at radius 1 is 1.38 bits per heavy atom. The molecule has 0 bridgehead atoms. The number of benzene rings is 1. The molecule has 0 aliphatic rings. The van der Waals surface area contributed by atoms with Crippen LogP contribution in [0.3, 0.4) is 0 Å². The smallest absolute Gasteiger partial charge is 0.326 e. The van der Waals surface area contributed by atoms with Crippen LogP contribution >= 0.6 is 0 Å². The molecule has 130 valence electrons. The summed E-state index contributed by atoms with van der Waals surface area (Å²) >= 11 is 0. The van der Waals surface area contributed by atoms with Crippen LogP contribution in [0.1, 0.15) is 26.3 Å². The molecule has 1 aromatic rings. The fraction of sp³-hybridized carbons (Fsp3) is 0.444. The van der Waals surface area contributed by atoms with Gasteiger partial charge in [-0.25, -0.2) is 0 Å². The van der Waals surface area contributed by atoms with Gasteiger partial charge in [-0.2, -0.15) is 5.26 Å². The minimum Gasteiger partial charge on any atom is -0.497 e. The molecular weight excluding hydrogens is 320 g/mol. The Labute approximate surface area is 145 Å². The number of nitriles is 1. The maximum absolute atomic E-state index is 11.4. The van der Waals surface area contributed by atoms with Gasteiger partial charge in [-0.15, -0.1) is 0 Å². The Hall–Kier alpha value is -2.10. The summed E-state index contributed by atoms with van der Waals surface area (Å²) in [6.45, 7) is 15.3. The van der Waals surface area contributed by atoms with E-state index in [0.717, 1.165) is 5.57 Å². The molecule has 0 saturated carbocycles. The third-order valence-corrected chi connectivity index (χ3v) is 8.85. The highest BCUT2D eigenvalue weighted by Gasteiger charge is 2.37. The van der Waals surface area contributed by atoms with E-state index in [4.69, 9.17) is 14.4 Å². The van der Waals surface area contributed by atoms with E-state index in [2.05, 4.69) is 45.8 Å². The summed E-state index contributed by atoms with van der Waals surface area (Å²) in [5.41, 5.74) is 1.95. The van der Waals surface area contributed by atoms with Gasteiger partial charge in [0.05, 0.1) is 13.7 Å². The van der Waals surface area contributed by atoms with E-state index >= 15 is 0 Å². The van der Waals surface area contributed by atoms with Gasteiger partial charge in [0.1, 0.15) is 5.75 Å². The largest absolute Gasteiger partial charge is 0.497 e. The van der Waals surface area contributed by atoms with Crippen molar-refractivity contribution in [2.75, 3.05) is 19.0 Å². The molecular formula is C18H26N2O3Si. The molecule has 6 heteroatoms. The number of carbonyl (C=O) groups excluding carboxylic acids is 1. The normalized spacial score (nSPS) is 11.5. The van der Waals surface area contributed by atoms with Gasteiger partial charge >= 0.3 is 5.91 Å². The number of hydrogen-bond acceptors (Lipinski definition) is 4. The van der Waals surface area contributed by atoms with Crippen molar-refractivity contribution in [2.24, 2.45) is 0 Å². The van der Waals surface area contributed by atoms with Crippen molar-refractivity contribution < 1.29 is 14.0 Å². The summed E-state index contributed by atoms with van der Waals surface area (Å²) in [4.78, 5) is 11.4. The van der Waals surface area contributed by atoms with Crippen LogP contribution in [0.25, 0.3) is 5.57 Å². The van der Waals surface area contributed by atoms with Crippen molar-refractivity contribution in [1.29, 1.82) is 5.26 Å². The summed E-state index contributed by atoms with van der Waals surface area (Å²) in [6.07, 6.45) is 0. The number of ether oxygens (including phenoxy) is 1. The monoisotopic (exact) mass is 346 g/mol. The molecule has 1 N–H and O–H groups in total. The lowest BCUT2D eigenvalue weighted by molar-refractivity contribution is -0.111. The Balaban J connectivity index is 3.04. The molecule has 0 aromatic heterocycles. The standard InChI is InChI=1S/C18H26N2O3Si/c1-13(12-23-24(6,7)18(2,3)4)15-10-14(22-5)8-9-16(15)20-17(21)11-19/h8-10H,1,12H2,2-7H3,(H,20,21). The van der Waals surface area contributed by atoms with Crippen LogP contribution in [0.5, 0.6) is 5.75 Å². The lowest BCUT2D eigenvalue weighted by atomic mass is 10.1. The SMILES string of the molecule is C=C(CO[Si](C)(C)C(C)(C)C)c1cc(OC)ccc1NC(=O)C#N. The maximum Gasteiger partial charge on any atom is 0.326 e. The zero-order valence-electron chi connectivity index (χ0n) is 15.3. The topological polar surface area (TPSA) is 71.3 Å². The van der Waals surface area contributed by atoms with Crippen LogP contribution in [0.15, 0.2) is 24.8 Å². The molecule has 0 spiro atoms. The highest BCUT2D eigenvalue weighted by atomic mass is 28.4. The molecule has 0 unspecified atom stereocenters. The third kappa shape index (κ3) is 4.95. The summed E-state index contributed by atoms with van der Waals surface area (Å²) < 4.78 is 11.4. The lowest BCUT2D eigenvalue weighted by Gasteiger charge is -2.36. The molecule has 0 aliphatic carbocycles. The number of anilines is 1. The maximum atomic E-state index is 11.4. The van der Waals surface area contributed by atoms with E-state index in [1.54, 1.807) is 31.4 Å². The van der Waals surface area contributed by atoms with Gasteiger partial charge in [-0.05, 0) is 41.9 Å². The van der Waals surface area contributed by atoms with Crippen molar-refractivity contribution in [2.45, 2.75) is 38.9 Å². The second-order valence-electron chi connectivity index (χ2n) is 7.13. The number of carbonyl (C=O) groups is 1. The highest BCUT2D eigenvalue weighted by molar-refractivity contribution is 6.74. The van der Waals surface area contributed by atoms with Crippen LogP contribution in [-0.2, 0) is 9.22 Å². The Morgan fingerprint density at radius 3 is 2.50 bits per heavy atom. The van der Waals surface area contributed by atoms with Gasteiger partial charge in [-0.1, -0.05) is 27.4 Å². The van der Waals surface area contributed by atoms with Crippen molar-refractivity contribution in [3.63, 3.8) is 0 Å². The van der Waals surface area contributed by atoms with Crippen molar-refractivity contribution in [3.05, 3.63) is 30.3 Å². The predicted molar refractivity (Wildman–Crippen MR) is 99.4 cm³/mol. The summed E-state index contributed by atoms with van der Waals surface area (Å²) in [5, 5.41) is 11.4. The number of nitrogens with one attached hydrogen (secondary N) is 1. The molecule has 1 amide bonds. The molecule has 0 aliphatic heterocycles. The highest BCUT2D eigenvalue weighted by Crippen LogP contribution is 2.37. The van der Waals surface area contributed by atoms with Gasteiger partial charge in [-0.3, -0.25) is 4.79 Å². The average molecular weight is 347 g/mol. The molecule has 0 fully saturated rings. The van der Waals surface area contributed by atoms with Crippen LogP contribution in [0, 0.1) is 11.3 Å². The van der Waals surface area contributed by atoms with Crippen LogP contribution in [0.2, 0.25) is 18.1 Å². The molecule has 5 nitrogen and oxygen atoms in total. The molecule has 24 heavy (non-hydrogen) atoms. The first kappa shape index (κ1) is 19.9. The van der Waals surface area contributed by atoms with Gasteiger partial charge in [0.25, 0.3) is 0 Å². The van der Waals surface area contributed by atoms with E-state index < -0.39 is 14.2 Å². The van der Waals surface area contributed by atoms with Gasteiger partial charge in [0, 0.05) is 11.3 Å². The van der Waals surface area contributed by atoms with E-state index in [1.165, 1.54) is 0 Å². The van der Waals surface area contributed by atoms with Gasteiger partial charge < -0.3 is 14.5 Å². The Bertz CT molecular complexity index is 670. The van der Waals surface area contributed by atoms with Crippen LogP contribution in [-0.4, -0.2) is 27.9 Å². The minimum atomic E-state index is -1.91. The first-order valence-electron chi connectivity index (χ1n) is 7.73. The van der Waals surface area contributed by atoms with E-state index in [1.807, 2.05) is 0 Å².